The molecule has 0 unspecified atom stereocenters. The maximum atomic E-state index is 4.27. The number of halogens is 2. The van der Waals surface area contributed by atoms with Crippen molar-refractivity contribution in [3.05, 3.63) is 33.4 Å². The fraction of sp³-hybridized carbons (Fsp3) is 0.300. The molecule has 0 fully saturated rings. The van der Waals surface area contributed by atoms with Crippen LogP contribution in [0.1, 0.15) is 12.2 Å². The van der Waals surface area contributed by atoms with Crippen molar-refractivity contribution in [1.29, 1.82) is 0 Å². The number of aryl methyl sites for hydroxylation is 1. The highest BCUT2D eigenvalue weighted by Crippen LogP contribution is 2.23. The Morgan fingerprint density at radius 2 is 2.18 bits per heavy atom. The van der Waals surface area contributed by atoms with Gasteiger partial charge in [-0.15, -0.1) is 0 Å². The van der Waals surface area contributed by atoms with Crippen LogP contribution in [-0.2, 0) is 6.42 Å². The number of hydrogen-bond donors (Lipinski definition) is 2. The molecule has 0 spiro atoms. The smallest absolute Gasteiger partial charge is 0.140 e. The zero-order valence-electron chi connectivity index (χ0n) is 8.95. The molecule has 90 valence electrons. The topological polar surface area (TPSA) is 66.5 Å². The molecule has 0 aliphatic rings. The van der Waals surface area contributed by atoms with Crippen molar-refractivity contribution < 1.29 is 0 Å². The molecular formula is C10H11Br2N5. The summed E-state index contributed by atoms with van der Waals surface area (Å²) in [4.78, 5) is 8.34. The lowest BCUT2D eigenvalue weighted by molar-refractivity contribution is 0.803. The van der Waals surface area contributed by atoms with Gasteiger partial charge in [0.25, 0.3) is 0 Å². The summed E-state index contributed by atoms with van der Waals surface area (Å²) in [5, 5.41) is 9.90. The van der Waals surface area contributed by atoms with Gasteiger partial charge in [0.2, 0.25) is 0 Å². The number of hydrogen-bond acceptors (Lipinski definition) is 4. The Balaban J connectivity index is 1.78. The highest BCUT2D eigenvalue weighted by Gasteiger charge is 2.01. The first kappa shape index (κ1) is 12.5. The minimum atomic E-state index is 0.841. The number of nitrogens with zero attached hydrogens (tertiary/aromatic N) is 3. The number of rotatable bonds is 5. The first-order valence-corrected chi connectivity index (χ1v) is 6.73. The predicted molar refractivity (Wildman–Crippen MR) is 72.8 cm³/mol. The van der Waals surface area contributed by atoms with Crippen LogP contribution >= 0.6 is 31.9 Å². The molecule has 0 aliphatic carbocycles. The lowest BCUT2D eigenvalue weighted by atomic mass is 10.3. The highest BCUT2D eigenvalue weighted by molar-refractivity contribution is 9.11. The molecule has 2 rings (SSSR count). The molecular weight excluding hydrogens is 350 g/mol. The third-order valence-electron chi connectivity index (χ3n) is 2.16. The molecule has 0 aliphatic heterocycles. The van der Waals surface area contributed by atoms with Crippen molar-refractivity contribution in [3.63, 3.8) is 0 Å². The van der Waals surface area contributed by atoms with Gasteiger partial charge < -0.3 is 5.32 Å². The van der Waals surface area contributed by atoms with Crippen LogP contribution in [0.3, 0.4) is 0 Å². The van der Waals surface area contributed by atoms with E-state index < -0.39 is 0 Å². The van der Waals surface area contributed by atoms with Crippen molar-refractivity contribution in [3.8, 4) is 0 Å². The summed E-state index contributed by atoms with van der Waals surface area (Å²) in [5.74, 6) is 1.76. The molecule has 5 nitrogen and oxygen atoms in total. The molecule has 0 saturated heterocycles. The second-order valence-electron chi connectivity index (χ2n) is 3.45. The summed E-state index contributed by atoms with van der Waals surface area (Å²) in [6, 6.07) is 1.96. The van der Waals surface area contributed by atoms with E-state index in [4.69, 9.17) is 0 Å². The van der Waals surface area contributed by atoms with E-state index >= 15 is 0 Å². The summed E-state index contributed by atoms with van der Waals surface area (Å²) in [7, 11) is 0. The Morgan fingerprint density at radius 1 is 1.29 bits per heavy atom. The van der Waals surface area contributed by atoms with Gasteiger partial charge in [0, 0.05) is 23.6 Å². The van der Waals surface area contributed by atoms with E-state index in [1.54, 1.807) is 6.20 Å². The van der Waals surface area contributed by atoms with Gasteiger partial charge >= 0.3 is 0 Å². The lowest BCUT2D eigenvalue weighted by Gasteiger charge is -2.06. The summed E-state index contributed by atoms with van der Waals surface area (Å²) in [6.45, 7) is 0.841. The zero-order chi connectivity index (χ0) is 12.1. The Kier molecular flexibility index (Phi) is 4.49. The first-order valence-electron chi connectivity index (χ1n) is 5.15. The fourth-order valence-corrected chi connectivity index (χ4v) is 2.49. The molecule has 0 radical (unpaired) electrons. The maximum absolute atomic E-state index is 4.27. The third-order valence-corrected chi connectivity index (χ3v) is 3.19. The van der Waals surface area contributed by atoms with Crippen molar-refractivity contribution >= 4 is 37.7 Å². The highest BCUT2D eigenvalue weighted by atomic mass is 79.9. The van der Waals surface area contributed by atoms with E-state index in [0.717, 1.165) is 40.0 Å². The third kappa shape index (κ3) is 3.78. The van der Waals surface area contributed by atoms with Crippen molar-refractivity contribution in [2.24, 2.45) is 0 Å². The van der Waals surface area contributed by atoms with E-state index in [9.17, 15) is 0 Å². The second kappa shape index (κ2) is 6.11. The summed E-state index contributed by atoms with van der Waals surface area (Å²) >= 11 is 6.82. The van der Waals surface area contributed by atoms with Crippen LogP contribution in [0.2, 0.25) is 0 Å². The van der Waals surface area contributed by atoms with Gasteiger partial charge in [-0.05, 0) is 44.3 Å². The Morgan fingerprint density at radius 3 is 2.88 bits per heavy atom. The van der Waals surface area contributed by atoms with Crippen LogP contribution in [0.5, 0.6) is 0 Å². The molecule has 0 bridgehead atoms. The molecule has 0 aromatic carbocycles. The standard InChI is InChI=1S/C10H11Br2N5/c11-7-4-8(12)10(14-5-7)13-3-1-2-9-15-6-16-17-9/h4-6H,1-3H2,(H,13,14)(H,15,16,17). The molecule has 2 heterocycles. The van der Waals surface area contributed by atoms with Crippen molar-refractivity contribution in [2.45, 2.75) is 12.8 Å². The normalized spacial score (nSPS) is 10.5. The van der Waals surface area contributed by atoms with E-state index in [0.29, 0.717) is 0 Å². The van der Waals surface area contributed by atoms with Gasteiger partial charge in [-0.25, -0.2) is 9.97 Å². The first-order chi connectivity index (χ1) is 8.25. The van der Waals surface area contributed by atoms with Crippen LogP contribution in [0.25, 0.3) is 0 Å². The minimum absolute atomic E-state index is 0.841. The Bertz CT molecular complexity index is 472. The molecule has 7 heteroatoms. The molecule has 0 amide bonds. The van der Waals surface area contributed by atoms with Crippen LogP contribution in [-0.4, -0.2) is 26.7 Å². The monoisotopic (exact) mass is 359 g/mol. The zero-order valence-corrected chi connectivity index (χ0v) is 12.1. The van der Waals surface area contributed by atoms with E-state index in [2.05, 4.69) is 57.3 Å². The largest absolute Gasteiger partial charge is 0.369 e. The van der Waals surface area contributed by atoms with Gasteiger partial charge in [-0.3, -0.25) is 5.10 Å². The Hall–Kier alpha value is -0.950. The van der Waals surface area contributed by atoms with Gasteiger partial charge in [-0.1, -0.05) is 0 Å². The molecule has 2 N–H and O–H groups in total. The van der Waals surface area contributed by atoms with Crippen molar-refractivity contribution in [2.75, 3.05) is 11.9 Å². The average Bonchev–Trinajstić information content (AvgIpc) is 2.79. The number of pyridine rings is 1. The van der Waals surface area contributed by atoms with Crippen LogP contribution in [0, 0.1) is 0 Å². The lowest BCUT2D eigenvalue weighted by Crippen LogP contribution is -2.05. The number of nitrogens with one attached hydrogen (secondary N) is 2. The molecule has 2 aromatic rings. The van der Waals surface area contributed by atoms with Crippen LogP contribution in [0.4, 0.5) is 5.82 Å². The SMILES string of the molecule is Brc1cnc(NCCCc2ncn[nH]2)c(Br)c1. The van der Waals surface area contributed by atoms with Crippen molar-refractivity contribution in [1.82, 2.24) is 20.2 Å². The van der Waals surface area contributed by atoms with Gasteiger partial charge in [0.1, 0.15) is 18.0 Å². The second-order valence-corrected chi connectivity index (χ2v) is 5.22. The molecule has 0 atom stereocenters. The quantitative estimate of drug-likeness (QED) is 0.804. The average molecular weight is 361 g/mol. The number of anilines is 1. The Labute approximate surface area is 116 Å². The summed E-state index contributed by atoms with van der Waals surface area (Å²) < 4.78 is 1.91. The predicted octanol–water partition coefficient (Wildman–Crippen LogP) is 2.77. The molecule has 17 heavy (non-hydrogen) atoms. The summed E-state index contributed by atoms with van der Waals surface area (Å²) in [6.07, 6.45) is 5.14. The summed E-state index contributed by atoms with van der Waals surface area (Å²) in [5.41, 5.74) is 0. The number of aromatic amines is 1. The van der Waals surface area contributed by atoms with E-state index in [1.165, 1.54) is 6.33 Å². The van der Waals surface area contributed by atoms with Gasteiger partial charge in [0.15, 0.2) is 0 Å². The minimum Gasteiger partial charge on any atom is -0.369 e. The van der Waals surface area contributed by atoms with Gasteiger partial charge in [-0.2, -0.15) is 5.10 Å². The van der Waals surface area contributed by atoms with Gasteiger partial charge in [0.05, 0.1) is 4.47 Å². The molecule has 0 saturated carbocycles. The van der Waals surface area contributed by atoms with Crippen LogP contribution in [0.15, 0.2) is 27.5 Å². The fourth-order valence-electron chi connectivity index (χ4n) is 1.36. The molecule has 2 aromatic heterocycles. The number of H-pyrrole nitrogens is 1. The van der Waals surface area contributed by atoms with Crippen LogP contribution < -0.4 is 5.32 Å². The van der Waals surface area contributed by atoms with E-state index in [1.807, 2.05) is 6.07 Å². The maximum Gasteiger partial charge on any atom is 0.140 e. The number of aromatic nitrogens is 4. The van der Waals surface area contributed by atoms with E-state index in [-0.39, 0.29) is 0 Å².